The molecule has 0 radical (unpaired) electrons. The van der Waals surface area contributed by atoms with Gasteiger partial charge >= 0.3 is 0 Å². The molecule has 1 aromatic rings. The first-order chi connectivity index (χ1) is 7.08. The molecule has 0 spiro atoms. The molecule has 4 N–H and O–H groups in total. The summed E-state index contributed by atoms with van der Waals surface area (Å²) in [6.07, 6.45) is 0.248. The third kappa shape index (κ3) is 4.85. The molecule has 1 heterocycles. The second kappa shape index (κ2) is 5.77. The highest BCUT2D eigenvalue weighted by atomic mass is 32.2. The van der Waals surface area contributed by atoms with Gasteiger partial charge in [0.05, 0.1) is 12.7 Å². The lowest BCUT2D eigenvalue weighted by molar-refractivity contribution is 0.0920. The van der Waals surface area contributed by atoms with Gasteiger partial charge in [0.2, 0.25) is 0 Å². The number of anilines is 2. The Morgan fingerprint density at radius 3 is 2.47 bits per heavy atom. The summed E-state index contributed by atoms with van der Waals surface area (Å²) in [5, 5.41) is 0.597. The number of nitrogens with zero attached hydrogens (tertiary/aromatic N) is 2. The van der Waals surface area contributed by atoms with Crippen molar-refractivity contribution in [3.63, 3.8) is 0 Å². The van der Waals surface area contributed by atoms with Crippen molar-refractivity contribution in [1.29, 1.82) is 0 Å². The van der Waals surface area contributed by atoms with Crippen LogP contribution in [0.2, 0.25) is 0 Å². The van der Waals surface area contributed by atoms with E-state index in [1.165, 1.54) is 17.8 Å². The molecule has 0 bridgehead atoms. The van der Waals surface area contributed by atoms with Gasteiger partial charge in [0.1, 0.15) is 11.6 Å². The summed E-state index contributed by atoms with van der Waals surface area (Å²) in [5.74, 6) is 1.59. The maximum atomic E-state index is 5.54. The van der Waals surface area contributed by atoms with Gasteiger partial charge in [-0.15, -0.1) is 0 Å². The van der Waals surface area contributed by atoms with E-state index in [9.17, 15) is 0 Å². The number of hydrogen-bond acceptors (Lipinski definition) is 6. The molecule has 0 aliphatic heterocycles. The van der Waals surface area contributed by atoms with E-state index >= 15 is 0 Å². The van der Waals surface area contributed by atoms with Gasteiger partial charge in [-0.05, 0) is 13.8 Å². The van der Waals surface area contributed by atoms with E-state index in [0.29, 0.717) is 23.4 Å². The van der Waals surface area contributed by atoms with Gasteiger partial charge in [-0.3, -0.25) is 0 Å². The fraction of sp³-hybridized carbons (Fsp3) is 0.556. The maximum Gasteiger partial charge on any atom is 0.191 e. The Bertz CT molecular complexity index is 299. The molecule has 0 saturated carbocycles. The molecule has 1 aromatic heterocycles. The van der Waals surface area contributed by atoms with E-state index < -0.39 is 0 Å². The number of aromatic nitrogens is 2. The average Bonchev–Trinajstić information content (AvgIpc) is 2.10. The van der Waals surface area contributed by atoms with E-state index in [-0.39, 0.29) is 6.10 Å². The van der Waals surface area contributed by atoms with Crippen LogP contribution in [0.3, 0.4) is 0 Å². The standard InChI is InChI=1S/C9H16N4OS/c1-6(2)14-3-4-15-9-12-7(10)5-8(11)13-9/h5-6H,3-4H2,1-2H3,(H4,10,11,12,13). The van der Waals surface area contributed by atoms with E-state index in [1.54, 1.807) is 0 Å². The molecule has 1 rings (SSSR count). The number of nitrogen functional groups attached to an aromatic ring is 2. The van der Waals surface area contributed by atoms with E-state index in [0.717, 1.165) is 5.75 Å². The van der Waals surface area contributed by atoms with Crippen molar-refractivity contribution in [3.05, 3.63) is 6.07 Å². The van der Waals surface area contributed by atoms with Crippen molar-refractivity contribution in [2.24, 2.45) is 0 Å². The molecular weight excluding hydrogens is 212 g/mol. The summed E-state index contributed by atoms with van der Waals surface area (Å²) in [6, 6.07) is 1.54. The monoisotopic (exact) mass is 228 g/mol. The van der Waals surface area contributed by atoms with Crippen molar-refractivity contribution in [2.45, 2.75) is 25.1 Å². The maximum absolute atomic E-state index is 5.54. The van der Waals surface area contributed by atoms with Crippen molar-refractivity contribution in [3.8, 4) is 0 Å². The molecule has 0 fully saturated rings. The lowest BCUT2D eigenvalue weighted by Crippen LogP contribution is -2.06. The smallest absolute Gasteiger partial charge is 0.191 e. The first kappa shape index (κ1) is 12.1. The highest BCUT2D eigenvalue weighted by Crippen LogP contribution is 2.15. The number of thioether (sulfide) groups is 1. The Balaban J connectivity index is 2.37. The minimum Gasteiger partial charge on any atom is -0.383 e. The highest BCUT2D eigenvalue weighted by molar-refractivity contribution is 7.99. The number of nitrogens with two attached hydrogens (primary N) is 2. The van der Waals surface area contributed by atoms with E-state index in [2.05, 4.69) is 9.97 Å². The Labute approximate surface area is 93.6 Å². The Morgan fingerprint density at radius 1 is 1.33 bits per heavy atom. The lowest BCUT2D eigenvalue weighted by atomic mass is 10.5. The van der Waals surface area contributed by atoms with Crippen LogP contribution in [0.4, 0.5) is 11.6 Å². The SMILES string of the molecule is CC(C)OCCSc1nc(N)cc(N)n1. The summed E-state index contributed by atoms with van der Waals surface area (Å²) >= 11 is 1.48. The van der Waals surface area contributed by atoms with Gasteiger partial charge in [0.15, 0.2) is 5.16 Å². The molecule has 0 aliphatic rings. The largest absolute Gasteiger partial charge is 0.383 e. The highest BCUT2D eigenvalue weighted by Gasteiger charge is 2.01. The van der Waals surface area contributed by atoms with Crippen LogP contribution in [-0.4, -0.2) is 28.4 Å². The molecule has 84 valence electrons. The summed E-state index contributed by atoms with van der Waals surface area (Å²) in [7, 11) is 0. The summed E-state index contributed by atoms with van der Waals surface area (Å²) < 4.78 is 5.39. The van der Waals surface area contributed by atoms with Crippen molar-refractivity contribution in [2.75, 3.05) is 23.8 Å². The zero-order chi connectivity index (χ0) is 11.3. The molecule has 15 heavy (non-hydrogen) atoms. The van der Waals surface area contributed by atoms with Gasteiger partial charge in [-0.1, -0.05) is 11.8 Å². The van der Waals surface area contributed by atoms with Gasteiger partial charge in [-0.25, -0.2) is 9.97 Å². The van der Waals surface area contributed by atoms with Crippen LogP contribution in [0.15, 0.2) is 11.2 Å². The summed E-state index contributed by atoms with van der Waals surface area (Å²) in [6.45, 7) is 4.67. The fourth-order valence-electron chi connectivity index (χ4n) is 0.943. The average molecular weight is 228 g/mol. The molecular formula is C9H16N4OS. The second-order valence-electron chi connectivity index (χ2n) is 3.27. The minimum atomic E-state index is 0.248. The van der Waals surface area contributed by atoms with E-state index in [4.69, 9.17) is 16.2 Å². The van der Waals surface area contributed by atoms with Crippen molar-refractivity contribution in [1.82, 2.24) is 9.97 Å². The van der Waals surface area contributed by atoms with Gasteiger partial charge in [-0.2, -0.15) is 0 Å². The number of hydrogen-bond donors (Lipinski definition) is 2. The number of ether oxygens (including phenoxy) is 1. The van der Waals surface area contributed by atoms with Crippen LogP contribution in [0.1, 0.15) is 13.8 Å². The first-order valence-electron chi connectivity index (χ1n) is 4.72. The Hall–Kier alpha value is -1.01. The Morgan fingerprint density at radius 2 is 1.93 bits per heavy atom. The van der Waals surface area contributed by atoms with Crippen LogP contribution < -0.4 is 11.5 Å². The molecule has 0 aromatic carbocycles. The van der Waals surface area contributed by atoms with Gasteiger partial charge in [0.25, 0.3) is 0 Å². The fourth-order valence-corrected chi connectivity index (χ4v) is 1.65. The minimum absolute atomic E-state index is 0.248. The zero-order valence-corrected chi connectivity index (χ0v) is 9.75. The molecule has 5 nitrogen and oxygen atoms in total. The van der Waals surface area contributed by atoms with Crippen LogP contribution in [-0.2, 0) is 4.74 Å². The molecule has 0 amide bonds. The van der Waals surface area contributed by atoms with Crippen LogP contribution in [0.25, 0.3) is 0 Å². The topological polar surface area (TPSA) is 87.0 Å². The molecule has 0 atom stereocenters. The third-order valence-electron chi connectivity index (χ3n) is 1.51. The predicted molar refractivity (Wildman–Crippen MR) is 62.7 cm³/mol. The predicted octanol–water partition coefficient (Wildman–Crippen LogP) is 1.16. The molecule has 0 aliphatic carbocycles. The number of rotatable bonds is 5. The van der Waals surface area contributed by atoms with Crippen LogP contribution >= 0.6 is 11.8 Å². The normalized spacial score (nSPS) is 10.9. The van der Waals surface area contributed by atoms with Crippen LogP contribution in [0.5, 0.6) is 0 Å². The van der Waals surface area contributed by atoms with E-state index in [1.807, 2.05) is 13.8 Å². The van der Waals surface area contributed by atoms with Crippen LogP contribution in [0, 0.1) is 0 Å². The van der Waals surface area contributed by atoms with Gasteiger partial charge < -0.3 is 16.2 Å². The Kier molecular flexibility index (Phi) is 4.64. The van der Waals surface area contributed by atoms with Gasteiger partial charge in [0, 0.05) is 11.8 Å². The summed E-state index contributed by atoms with van der Waals surface area (Å²) in [4.78, 5) is 8.09. The van der Waals surface area contributed by atoms with Crippen molar-refractivity contribution >= 4 is 23.4 Å². The molecule has 0 unspecified atom stereocenters. The quantitative estimate of drug-likeness (QED) is 0.447. The summed E-state index contributed by atoms with van der Waals surface area (Å²) in [5.41, 5.74) is 11.1. The molecule has 0 saturated heterocycles. The molecule has 6 heteroatoms. The zero-order valence-electron chi connectivity index (χ0n) is 8.93. The lowest BCUT2D eigenvalue weighted by Gasteiger charge is -2.06. The van der Waals surface area contributed by atoms with Crippen molar-refractivity contribution < 1.29 is 4.74 Å². The second-order valence-corrected chi connectivity index (χ2v) is 4.33. The first-order valence-corrected chi connectivity index (χ1v) is 5.71. The third-order valence-corrected chi connectivity index (χ3v) is 2.32.